The van der Waals surface area contributed by atoms with Crippen LogP contribution in [0.1, 0.15) is 43.1 Å². The van der Waals surface area contributed by atoms with Crippen LogP contribution in [0, 0.1) is 18.8 Å². The molecule has 2 aliphatic carbocycles. The number of rotatable bonds is 3. The molecule has 3 fully saturated rings. The van der Waals surface area contributed by atoms with Crippen LogP contribution in [0.15, 0.2) is 18.5 Å². The van der Waals surface area contributed by atoms with E-state index in [0.717, 1.165) is 29.9 Å². The van der Waals surface area contributed by atoms with Gasteiger partial charge in [0.1, 0.15) is 11.6 Å². The molecule has 25 heavy (non-hydrogen) atoms. The molecule has 1 aliphatic heterocycles. The third kappa shape index (κ3) is 2.34. The van der Waals surface area contributed by atoms with Crippen molar-refractivity contribution in [2.45, 2.75) is 38.6 Å². The molecule has 0 spiro atoms. The summed E-state index contributed by atoms with van der Waals surface area (Å²) in [6.07, 6.45) is 6.48. The first-order chi connectivity index (χ1) is 12.0. The molecule has 2 saturated carbocycles. The Morgan fingerprint density at radius 3 is 2.60 bits per heavy atom. The zero-order chi connectivity index (χ0) is 17.3. The molecule has 3 aliphatic rings. The van der Waals surface area contributed by atoms with Crippen LogP contribution in [-0.2, 0) is 4.79 Å². The molecular formula is C19H23N5O. The fourth-order valence-electron chi connectivity index (χ4n) is 4.32. The number of amides is 1. The molecule has 0 unspecified atom stereocenters. The van der Waals surface area contributed by atoms with Gasteiger partial charge in [0.2, 0.25) is 5.91 Å². The van der Waals surface area contributed by atoms with Gasteiger partial charge in [-0.1, -0.05) is 0 Å². The van der Waals surface area contributed by atoms with Gasteiger partial charge in [0.25, 0.3) is 0 Å². The molecule has 1 saturated heterocycles. The quantitative estimate of drug-likeness (QED) is 0.933. The van der Waals surface area contributed by atoms with E-state index in [0.29, 0.717) is 29.6 Å². The summed E-state index contributed by atoms with van der Waals surface area (Å²) in [6, 6.07) is 2.58. The SMILES string of the molecule is CC(=O)N1C[C@@H]2[C@H](C1)[C@H]2n1cc(-c2cnc(N)c(C)c2)nc1C1CC1. The minimum Gasteiger partial charge on any atom is -0.383 e. The molecule has 2 N–H and O–H groups in total. The topological polar surface area (TPSA) is 77.0 Å². The van der Waals surface area contributed by atoms with E-state index in [1.165, 1.54) is 18.7 Å². The number of fused-ring (bicyclic) bond motifs is 1. The van der Waals surface area contributed by atoms with Gasteiger partial charge in [-0.15, -0.1) is 0 Å². The highest BCUT2D eigenvalue weighted by Gasteiger charge is 2.58. The van der Waals surface area contributed by atoms with Crippen molar-refractivity contribution in [2.75, 3.05) is 18.8 Å². The second-order valence-corrected chi connectivity index (χ2v) is 7.83. The van der Waals surface area contributed by atoms with Gasteiger partial charge in [-0.05, 0) is 31.4 Å². The summed E-state index contributed by atoms with van der Waals surface area (Å²) in [6.45, 7) is 5.43. The average Bonchev–Trinajstić information content (AvgIpc) is 3.45. The van der Waals surface area contributed by atoms with Gasteiger partial charge in [-0.25, -0.2) is 9.97 Å². The molecule has 1 amide bonds. The van der Waals surface area contributed by atoms with E-state index in [4.69, 9.17) is 10.7 Å². The fourth-order valence-corrected chi connectivity index (χ4v) is 4.32. The lowest BCUT2D eigenvalue weighted by molar-refractivity contribution is -0.128. The van der Waals surface area contributed by atoms with Crippen LogP contribution < -0.4 is 5.73 Å². The molecule has 5 rings (SSSR count). The average molecular weight is 337 g/mol. The number of nitrogen functional groups attached to an aromatic ring is 1. The van der Waals surface area contributed by atoms with Crippen molar-refractivity contribution in [3.05, 3.63) is 29.8 Å². The molecule has 0 bridgehead atoms. The number of carbonyl (C=O) groups excluding carboxylic acids is 1. The van der Waals surface area contributed by atoms with E-state index in [1.807, 2.05) is 18.0 Å². The molecule has 2 aromatic rings. The monoisotopic (exact) mass is 337 g/mol. The van der Waals surface area contributed by atoms with Crippen LogP contribution in [0.3, 0.4) is 0 Å². The van der Waals surface area contributed by atoms with Crippen molar-refractivity contribution in [2.24, 2.45) is 11.8 Å². The number of likely N-dealkylation sites (tertiary alicyclic amines) is 1. The highest BCUT2D eigenvalue weighted by Crippen LogP contribution is 2.57. The predicted molar refractivity (Wildman–Crippen MR) is 94.9 cm³/mol. The van der Waals surface area contributed by atoms with E-state index in [2.05, 4.69) is 21.8 Å². The van der Waals surface area contributed by atoms with Gasteiger partial charge in [-0.3, -0.25) is 4.79 Å². The number of nitrogens with zero attached hydrogens (tertiary/aromatic N) is 4. The first-order valence-corrected chi connectivity index (χ1v) is 9.09. The number of nitrogens with two attached hydrogens (primary N) is 1. The van der Waals surface area contributed by atoms with Gasteiger partial charge < -0.3 is 15.2 Å². The summed E-state index contributed by atoms with van der Waals surface area (Å²) in [7, 11) is 0. The highest BCUT2D eigenvalue weighted by molar-refractivity contribution is 5.74. The normalized spacial score (nSPS) is 27.4. The first kappa shape index (κ1) is 14.9. The summed E-state index contributed by atoms with van der Waals surface area (Å²) < 4.78 is 2.41. The van der Waals surface area contributed by atoms with Crippen LogP contribution in [0.4, 0.5) is 5.82 Å². The number of imidazole rings is 1. The molecule has 0 aromatic carbocycles. The number of anilines is 1. The summed E-state index contributed by atoms with van der Waals surface area (Å²) in [5.74, 6) is 3.78. The molecule has 6 heteroatoms. The summed E-state index contributed by atoms with van der Waals surface area (Å²) in [5, 5.41) is 0. The van der Waals surface area contributed by atoms with Crippen molar-refractivity contribution in [1.82, 2.24) is 19.4 Å². The van der Waals surface area contributed by atoms with Crippen LogP contribution in [0.2, 0.25) is 0 Å². The molecule has 0 radical (unpaired) electrons. The number of aromatic nitrogens is 3. The van der Waals surface area contributed by atoms with Gasteiger partial charge in [0.05, 0.1) is 5.69 Å². The molecule has 3 heterocycles. The van der Waals surface area contributed by atoms with Crippen molar-refractivity contribution < 1.29 is 4.79 Å². The first-order valence-electron chi connectivity index (χ1n) is 9.09. The predicted octanol–water partition coefficient (Wildman–Crippen LogP) is 2.36. The number of piperidine rings is 1. The Kier molecular flexibility index (Phi) is 3.03. The Morgan fingerprint density at radius 2 is 2.00 bits per heavy atom. The van der Waals surface area contributed by atoms with Gasteiger partial charge >= 0.3 is 0 Å². The highest BCUT2D eigenvalue weighted by atomic mass is 16.2. The smallest absolute Gasteiger partial charge is 0.219 e. The zero-order valence-electron chi connectivity index (χ0n) is 14.6. The molecule has 3 atom stereocenters. The maximum atomic E-state index is 11.6. The summed E-state index contributed by atoms with van der Waals surface area (Å²) >= 11 is 0. The lowest BCUT2D eigenvalue weighted by Gasteiger charge is -2.19. The van der Waals surface area contributed by atoms with Crippen molar-refractivity contribution in [3.63, 3.8) is 0 Å². The van der Waals surface area contributed by atoms with Crippen LogP contribution in [-0.4, -0.2) is 38.4 Å². The van der Waals surface area contributed by atoms with Gasteiger partial charge in [0, 0.05) is 61.8 Å². The Balaban J connectivity index is 1.46. The number of hydrogen-bond acceptors (Lipinski definition) is 4. The Morgan fingerprint density at radius 1 is 1.28 bits per heavy atom. The molecule has 2 aromatic heterocycles. The lowest BCUT2D eigenvalue weighted by atomic mass is 10.1. The summed E-state index contributed by atoms with van der Waals surface area (Å²) in [4.78, 5) is 22.8. The minimum absolute atomic E-state index is 0.197. The number of pyridine rings is 1. The Bertz CT molecular complexity index is 857. The maximum Gasteiger partial charge on any atom is 0.219 e. The third-order valence-corrected chi connectivity index (χ3v) is 6.03. The van der Waals surface area contributed by atoms with Gasteiger partial charge in [0.15, 0.2) is 0 Å². The van der Waals surface area contributed by atoms with E-state index < -0.39 is 0 Å². The molecule has 6 nitrogen and oxygen atoms in total. The third-order valence-electron chi connectivity index (χ3n) is 6.03. The second kappa shape index (κ2) is 5.07. The molecule has 130 valence electrons. The summed E-state index contributed by atoms with van der Waals surface area (Å²) in [5.41, 5.74) is 8.86. The zero-order valence-corrected chi connectivity index (χ0v) is 14.6. The largest absolute Gasteiger partial charge is 0.383 e. The van der Waals surface area contributed by atoms with E-state index in [9.17, 15) is 4.79 Å². The van der Waals surface area contributed by atoms with Crippen molar-refractivity contribution in [3.8, 4) is 11.3 Å². The lowest BCUT2D eigenvalue weighted by Crippen LogP contribution is -2.29. The maximum absolute atomic E-state index is 11.6. The number of hydrogen-bond donors (Lipinski definition) is 1. The van der Waals surface area contributed by atoms with Crippen LogP contribution in [0.5, 0.6) is 0 Å². The van der Waals surface area contributed by atoms with Crippen molar-refractivity contribution >= 4 is 11.7 Å². The van der Waals surface area contributed by atoms with Crippen molar-refractivity contribution in [1.29, 1.82) is 0 Å². The van der Waals surface area contributed by atoms with Gasteiger partial charge in [-0.2, -0.15) is 0 Å². The fraction of sp³-hybridized carbons (Fsp3) is 0.526. The molecular weight excluding hydrogens is 314 g/mol. The van der Waals surface area contributed by atoms with Crippen LogP contribution >= 0.6 is 0 Å². The second-order valence-electron chi connectivity index (χ2n) is 7.83. The van der Waals surface area contributed by atoms with E-state index in [1.54, 1.807) is 6.92 Å². The number of carbonyl (C=O) groups is 1. The Hall–Kier alpha value is -2.37. The Labute approximate surface area is 147 Å². The minimum atomic E-state index is 0.197. The van der Waals surface area contributed by atoms with E-state index in [-0.39, 0.29) is 5.91 Å². The van der Waals surface area contributed by atoms with E-state index >= 15 is 0 Å². The number of aryl methyl sites for hydroxylation is 1. The standard InChI is InChI=1S/C19H23N5O/c1-10-5-13(6-21-18(10)20)16-9-24(19(22-16)12-3-4-12)17-14-7-23(11(2)25)8-15(14)17/h5-6,9,12,14-15,17H,3-4,7-8H2,1-2H3,(H2,20,21)/t14-,15+,17+. The van der Waals surface area contributed by atoms with Crippen LogP contribution in [0.25, 0.3) is 11.3 Å².